The van der Waals surface area contributed by atoms with Crippen molar-refractivity contribution in [2.24, 2.45) is 0 Å². The van der Waals surface area contributed by atoms with E-state index < -0.39 is 0 Å². The monoisotopic (exact) mass is 246 g/mol. The lowest BCUT2D eigenvalue weighted by atomic mass is 10.0. The van der Waals surface area contributed by atoms with Crippen molar-refractivity contribution in [2.75, 3.05) is 7.05 Å². The minimum Gasteiger partial charge on any atom is -0.316 e. The first-order chi connectivity index (χ1) is 8.22. The van der Waals surface area contributed by atoms with E-state index in [-0.39, 0.29) is 0 Å². The second kappa shape index (κ2) is 5.30. The molecule has 0 saturated heterocycles. The summed E-state index contributed by atoms with van der Waals surface area (Å²) in [5, 5.41) is 3.90. The highest BCUT2D eigenvalue weighted by Crippen LogP contribution is 2.27. The van der Waals surface area contributed by atoms with E-state index >= 15 is 0 Å². The molecule has 0 aliphatic carbocycles. The Morgan fingerprint density at radius 3 is 2.76 bits per heavy atom. The van der Waals surface area contributed by atoms with Gasteiger partial charge in [0.25, 0.3) is 0 Å². The Morgan fingerprint density at radius 1 is 1.29 bits per heavy atom. The number of nitrogens with one attached hydrogen (secondary N) is 1. The van der Waals surface area contributed by atoms with E-state index in [4.69, 9.17) is 11.6 Å². The Kier molecular flexibility index (Phi) is 3.77. The van der Waals surface area contributed by atoms with Gasteiger partial charge < -0.3 is 5.32 Å². The molecule has 0 amide bonds. The van der Waals surface area contributed by atoms with Crippen LogP contribution in [0.1, 0.15) is 11.1 Å². The number of benzene rings is 1. The van der Waals surface area contributed by atoms with Crippen molar-refractivity contribution < 1.29 is 0 Å². The number of aryl methyl sites for hydroxylation is 1. The normalized spacial score (nSPS) is 10.5. The topological polar surface area (TPSA) is 24.9 Å². The summed E-state index contributed by atoms with van der Waals surface area (Å²) in [5.74, 6) is 0. The molecule has 0 aliphatic heterocycles. The zero-order valence-electron chi connectivity index (χ0n) is 10.00. The Hall–Kier alpha value is -1.38. The number of nitrogens with zero attached hydrogens (tertiary/aromatic N) is 1. The quantitative estimate of drug-likeness (QED) is 0.898. The molecule has 0 aliphatic rings. The highest BCUT2D eigenvalue weighted by molar-refractivity contribution is 6.31. The molecular weight excluding hydrogens is 232 g/mol. The molecule has 3 heteroatoms. The molecule has 2 rings (SSSR count). The number of hydrogen-bond donors (Lipinski definition) is 1. The minimum absolute atomic E-state index is 0.786. The molecule has 1 aromatic heterocycles. The lowest BCUT2D eigenvalue weighted by molar-refractivity contribution is 0.818. The standard InChI is InChI=1S/C14H15ClN2/c1-10-8-17-6-5-13(10)11-3-4-12(9-16-2)14(15)7-11/h3-8,16H,9H2,1-2H3. The molecule has 0 fully saturated rings. The van der Waals surface area contributed by atoms with Gasteiger partial charge in [0.1, 0.15) is 0 Å². The third-order valence-corrected chi connectivity index (χ3v) is 3.10. The Balaban J connectivity index is 2.41. The van der Waals surface area contributed by atoms with Gasteiger partial charge in [0.05, 0.1) is 0 Å². The highest BCUT2D eigenvalue weighted by atomic mass is 35.5. The maximum atomic E-state index is 6.25. The van der Waals surface area contributed by atoms with Crippen LogP contribution >= 0.6 is 11.6 Å². The zero-order valence-corrected chi connectivity index (χ0v) is 10.8. The van der Waals surface area contributed by atoms with E-state index in [0.717, 1.165) is 28.3 Å². The molecular formula is C14H15ClN2. The molecule has 0 spiro atoms. The predicted octanol–water partition coefficient (Wildman–Crippen LogP) is 3.43. The van der Waals surface area contributed by atoms with Gasteiger partial charge in [-0.15, -0.1) is 0 Å². The second-order valence-electron chi connectivity index (χ2n) is 4.03. The van der Waals surface area contributed by atoms with Gasteiger partial charge >= 0.3 is 0 Å². The Bertz CT molecular complexity index is 523. The third-order valence-electron chi connectivity index (χ3n) is 2.75. The van der Waals surface area contributed by atoms with Gasteiger partial charge in [0.2, 0.25) is 0 Å². The summed E-state index contributed by atoms with van der Waals surface area (Å²) in [7, 11) is 1.91. The van der Waals surface area contributed by atoms with Gasteiger partial charge in [-0.2, -0.15) is 0 Å². The molecule has 0 bridgehead atoms. The van der Waals surface area contributed by atoms with Crippen LogP contribution in [-0.2, 0) is 6.54 Å². The average molecular weight is 247 g/mol. The first kappa shape index (κ1) is 12.1. The van der Waals surface area contributed by atoms with Crippen molar-refractivity contribution in [1.82, 2.24) is 10.3 Å². The maximum absolute atomic E-state index is 6.25. The fraction of sp³-hybridized carbons (Fsp3) is 0.214. The van der Waals surface area contributed by atoms with Crippen LogP contribution in [0.15, 0.2) is 36.7 Å². The molecule has 0 atom stereocenters. The molecule has 1 aromatic carbocycles. The number of rotatable bonds is 3. The van der Waals surface area contributed by atoms with Crippen LogP contribution in [0.2, 0.25) is 5.02 Å². The van der Waals surface area contributed by atoms with Gasteiger partial charge in [-0.3, -0.25) is 4.98 Å². The summed E-state index contributed by atoms with van der Waals surface area (Å²) in [6.45, 7) is 2.84. The smallest absolute Gasteiger partial charge is 0.0457 e. The first-order valence-electron chi connectivity index (χ1n) is 5.56. The number of aromatic nitrogens is 1. The SMILES string of the molecule is CNCc1ccc(-c2ccncc2C)cc1Cl. The summed E-state index contributed by atoms with van der Waals surface area (Å²) in [4.78, 5) is 4.10. The van der Waals surface area contributed by atoms with Crippen molar-refractivity contribution in [3.63, 3.8) is 0 Å². The van der Waals surface area contributed by atoms with E-state index in [1.807, 2.05) is 25.4 Å². The van der Waals surface area contributed by atoms with Crippen molar-refractivity contribution in [1.29, 1.82) is 0 Å². The summed E-state index contributed by atoms with van der Waals surface area (Å²) in [6.07, 6.45) is 3.67. The van der Waals surface area contributed by atoms with Crippen LogP contribution in [0.25, 0.3) is 11.1 Å². The van der Waals surface area contributed by atoms with E-state index in [2.05, 4.69) is 29.4 Å². The van der Waals surface area contributed by atoms with Gasteiger partial charge in [0, 0.05) is 24.0 Å². The van der Waals surface area contributed by atoms with Crippen LogP contribution in [0.5, 0.6) is 0 Å². The van der Waals surface area contributed by atoms with Crippen molar-refractivity contribution in [2.45, 2.75) is 13.5 Å². The maximum Gasteiger partial charge on any atom is 0.0457 e. The fourth-order valence-corrected chi connectivity index (χ4v) is 2.09. The number of halogens is 1. The lowest BCUT2D eigenvalue weighted by Gasteiger charge is -2.08. The van der Waals surface area contributed by atoms with Crippen molar-refractivity contribution >= 4 is 11.6 Å². The van der Waals surface area contributed by atoms with Gasteiger partial charge in [-0.25, -0.2) is 0 Å². The first-order valence-corrected chi connectivity index (χ1v) is 5.94. The minimum atomic E-state index is 0.786. The number of hydrogen-bond acceptors (Lipinski definition) is 2. The predicted molar refractivity (Wildman–Crippen MR) is 72.2 cm³/mol. The molecule has 0 unspecified atom stereocenters. The molecule has 0 saturated carbocycles. The summed E-state index contributed by atoms with van der Waals surface area (Å²) >= 11 is 6.25. The van der Waals surface area contributed by atoms with Crippen LogP contribution in [0, 0.1) is 6.92 Å². The Labute approximate surface area is 107 Å². The summed E-state index contributed by atoms with van der Waals surface area (Å²) in [5.41, 5.74) is 4.59. The summed E-state index contributed by atoms with van der Waals surface area (Å²) in [6, 6.07) is 8.18. The summed E-state index contributed by atoms with van der Waals surface area (Å²) < 4.78 is 0. The van der Waals surface area contributed by atoms with Crippen LogP contribution in [0.3, 0.4) is 0 Å². The molecule has 2 nitrogen and oxygen atoms in total. The van der Waals surface area contributed by atoms with Crippen LogP contribution in [0.4, 0.5) is 0 Å². The lowest BCUT2D eigenvalue weighted by Crippen LogP contribution is -2.05. The van der Waals surface area contributed by atoms with Crippen LogP contribution < -0.4 is 5.32 Å². The second-order valence-corrected chi connectivity index (χ2v) is 4.43. The van der Waals surface area contributed by atoms with E-state index in [0.29, 0.717) is 0 Å². The fourth-order valence-electron chi connectivity index (χ4n) is 1.85. The molecule has 88 valence electrons. The molecule has 17 heavy (non-hydrogen) atoms. The van der Waals surface area contributed by atoms with Crippen LogP contribution in [-0.4, -0.2) is 12.0 Å². The van der Waals surface area contributed by atoms with Gasteiger partial charge in [0.15, 0.2) is 0 Å². The largest absolute Gasteiger partial charge is 0.316 e. The van der Waals surface area contributed by atoms with E-state index in [1.165, 1.54) is 5.56 Å². The molecule has 1 N–H and O–H groups in total. The zero-order chi connectivity index (χ0) is 12.3. The molecule has 2 aromatic rings. The highest BCUT2D eigenvalue weighted by Gasteiger charge is 2.05. The average Bonchev–Trinajstić information content (AvgIpc) is 2.33. The van der Waals surface area contributed by atoms with Gasteiger partial charge in [-0.05, 0) is 48.4 Å². The van der Waals surface area contributed by atoms with Gasteiger partial charge in [-0.1, -0.05) is 23.7 Å². The molecule has 0 radical (unpaired) electrons. The van der Waals surface area contributed by atoms with Crippen molar-refractivity contribution in [3.8, 4) is 11.1 Å². The third kappa shape index (κ3) is 2.65. The Morgan fingerprint density at radius 2 is 2.12 bits per heavy atom. The van der Waals surface area contributed by atoms with E-state index in [9.17, 15) is 0 Å². The number of pyridine rings is 1. The van der Waals surface area contributed by atoms with E-state index in [1.54, 1.807) is 6.20 Å². The molecule has 1 heterocycles. The van der Waals surface area contributed by atoms with Crippen molar-refractivity contribution in [3.05, 3.63) is 52.8 Å².